The minimum absolute atomic E-state index is 0.437. The normalized spacial score (nSPS) is 28.2. The molecule has 3 nitrogen and oxygen atoms in total. The first kappa shape index (κ1) is 10.2. The lowest BCUT2D eigenvalue weighted by Gasteiger charge is -2.04. The van der Waals surface area contributed by atoms with Gasteiger partial charge in [-0.2, -0.15) is 0 Å². The van der Waals surface area contributed by atoms with Crippen molar-refractivity contribution in [1.82, 2.24) is 15.3 Å². The Kier molecular flexibility index (Phi) is 3.14. The van der Waals surface area contributed by atoms with Gasteiger partial charge < -0.3 is 10.3 Å². The molecule has 0 unspecified atom stereocenters. The van der Waals surface area contributed by atoms with Crippen LogP contribution >= 0.6 is 45.2 Å². The molecule has 1 aromatic rings. The number of hydrogen-bond donors (Lipinski definition) is 2. The maximum Gasteiger partial charge on any atom is 0.133 e. The number of imidazole rings is 1. The number of rotatable bonds is 1. The Morgan fingerprint density at radius 2 is 2.23 bits per heavy atom. The van der Waals surface area contributed by atoms with Crippen molar-refractivity contribution in [3.63, 3.8) is 0 Å². The second kappa shape index (κ2) is 4.01. The SMILES string of the molecule is C[C@H]1CN[C@H](c2nc(I)c(I)[nH]2)C1. The molecule has 0 bridgehead atoms. The summed E-state index contributed by atoms with van der Waals surface area (Å²) in [6.45, 7) is 3.38. The van der Waals surface area contributed by atoms with Gasteiger partial charge in [0.15, 0.2) is 0 Å². The van der Waals surface area contributed by atoms with Gasteiger partial charge in [-0.05, 0) is 64.1 Å². The summed E-state index contributed by atoms with van der Waals surface area (Å²) in [5.41, 5.74) is 0. The Morgan fingerprint density at radius 3 is 2.69 bits per heavy atom. The van der Waals surface area contributed by atoms with Crippen LogP contribution in [-0.4, -0.2) is 16.5 Å². The van der Waals surface area contributed by atoms with Crippen molar-refractivity contribution >= 4 is 45.2 Å². The smallest absolute Gasteiger partial charge is 0.133 e. The Labute approximate surface area is 105 Å². The summed E-state index contributed by atoms with van der Waals surface area (Å²) in [6, 6.07) is 0.437. The van der Waals surface area contributed by atoms with Gasteiger partial charge in [-0.15, -0.1) is 0 Å². The standard InChI is InChI=1S/C8H11I2N3/c1-4-2-5(11-3-4)8-12-6(9)7(10)13-8/h4-5,11H,2-3H2,1H3,(H,12,13)/t4-,5+/m1/s1. The molecule has 1 aliphatic heterocycles. The molecule has 0 saturated carbocycles. The number of nitrogens with one attached hydrogen (secondary N) is 2. The van der Waals surface area contributed by atoms with E-state index in [0.717, 1.165) is 25.7 Å². The zero-order valence-electron chi connectivity index (χ0n) is 7.27. The highest BCUT2D eigenvalue weighted by molar-refractivity contribution is 14.1. The van der Waals surface area contributed by atoms with Crippen molar-refractivity contribution in [2.45, 2.75) is 19.4 Å². The molecule has 0 aromatic carbocycles. The van der Waals surface area contributed by atoms with E-state index in [9.17, 15) is 0 Å². The first-order valence-electron chi connectivity index (χ1n) is 4.31. The summed E-state index contributed by atoms with van der Waals surface area (Å²) in [5.74, 6) is 1.86. The van der Waals surface area contributed by atoms with Gasteiger partial charge in [0.05, 0.1) is 6.04 Å². The molecular formula is C8H11I2N3. The molecule has 72 valence electrons. The van der Waals surface area contributed by atoms with Crippen molar-refractivity contribution in [2.75, 3.05) is 6.54 Å². The average Bonchev–Trinajstić information content (AvgIpc) is 2.61. The Bertz CT molecular complexity index is 291. The number of aromatic nitrogens is 2. The van der Waals surface area contributed by atoms with Gasteiger partial charge >= 0.3 is 0 Å². The summed E-state index contributed by atoms with van der Waals surface area (Å²) in [5, 5.41) is 3.46. The topological polar surface area (TPSA) is 40.7 Å². The van der Waals surface area contributed by atoms with Crippen LogP contribution < -0.4 is 5.32 Å². The third-order valence-corrected chi connectivity index (χ3v) is 4.91. The van der Waals surface area contributed by atoms with Crippen LogP contribution in [0.2, 0.25) is 0 Å². The summed E-state index contributed by atoms with van der Waals surface area (Å²) in [6.07, 6.45) is 1.19. The predicted octanol–water partition coefficient (Wildman–Crippen LogP) is 2.29. The molecule has 13 heavy (non-hydrogen) atoms. The Balaban J connectivity index is 2.17. The average molecular weight is 403 g/mol. The third kappa shape index (κ3) is 2.17. The second-order valence-corrected chi connectivity index (χ2v) is 5.63. The third-order valence-electron chi connectivity index (χ3n) is 2.32. The molecular weight excluding hydrogens is 392 g/mol. The van der Waals surface area contributed by atoms with Crippen LogP contribution in [0.5, 0.6) is 0 Å². The molecule has 1 fully saturated rings. The Hall–Kier alpha value is 0.630. The number of H-pyrrole nitrogens is 1. The lowest BCUT2D eigenvalue weighted by Crippen LogP contribution is -2.14. The highest BCUT2D eigenvalue weighted by atomic mass is 127. The number of nitrogens with zero attached hydrogens (tertiary/aromatic N) is 1. The maximum atomic E-state index is 4.49. The van der Waals surface area contributed by atoms with Crippen molar-refractivity contribution in [2.24, 2.45) is 5.92 Å². The van der Waals surface area contributed by atoms with E-state index in [1.807, 2.05) is 0 Å². The molecule has 2 atom stereocenters. The van der Waals surface area contributed by atoms with E-state index in [2.05, 4.69) is 67.4 Å². The van der Waals surface area contributed by atoms with Gasteiger partial charge in [0.1, 0.15) is 13.2 Å². The van der Waals surface area contributed by atoms with E-state index in [0.29, 0.717) is 6.04 Å². The van der Waals surface area contributed by atoms with E-state index < -0.39 is 0 Å². The molecule has 1 aromatic heterocycles. The van der Waals surface area contributed by atoms with Crippen LogP contribution in [0.15, 0.2) is 0 Å². The minimum Gasteiger partial charge on any atom is -0.335 e. The van der Waals surface area contributed by atoms with Crippen LogP contribution in [0, 0.1) is 13.3 Å². The summed E-state index contributed by atoms with van der Waals surface area (Å²) in [4.78, 5) is 7.80. The highest BCUT2D eigenvalue weighted by Crippen LogP contribution is 2.26. The molecule has 2 heterocycles. The molecule has 0 aliphatic carbocycles. The second-order valence-electron chi connectivity index (χ2n) is 3.53. The van der Waals surface area contributed by atoms with Gasteiger partial charge in [0.2, 0.25) is 0 Å². The summed E-state index contributed by atoms with van der Waals surface area (Å²) in [7, 11) is 0. The van der Waals surface area contributed by atoms with Gasteiger partial charge in [0, 0.05) is 0 Å². The predicted molar refractivity (Wildman–Crippen MR) is 68.5 cm³/mol. The molecule has 1 saturated heterocycles. The molecule has 2 rings (SSSR count). The fourth-order valence-electron chi connectivity index (χ4n) is 1.63. The van der Waals surface area contributed by atoms with E-state index in [-0.39, 0.29) is 0 Å². The van der Waals surface area contributed by atoms with E-state index >= 15 is 0 Å². The zero-order valence-corrected chi connectivity index (χ0v) is 11.6. The molecule has 0 amide bonds. The van der Waals surface area contributed by atoms with Crippen LogP contribution in [0.4, 0.5) is 0 Å². The largest absolute Gasteiger partial charge is 0.335 e. The van der Waals surface area contributed by atoms with E-state index in [1.165, 1.54) is 6.42 Å². The van der Waals surface area contributed by atoms with Gasteiger partial charge in [-0.1, -0.05) is 6.92 Å². The van der Waals surface area contributed by atoms with Crippen molar-refractivity contribution in [3.8, 4) is 0 Å². The highest BCUT2D eigenvalue weighted by Gasteiger charge is 2.24. The van der Waals surface area contributed by atoms with Crippen LogP contribution in [0.3, 0.4) is 0 Å². The quantitative estimate of drug-likeness (QED) is 0.707. The molecule has 2 N–H and O–H groups in total. The molecule has 0 spiro atoms. The lowest BCUT2D eigenvalue weighted by atomic mass is 10.1. The van der Waals surface area contributed by atoms with Crippen LogP contribution in [0.25, 0.3) is 0 Å². The van der Waals surface area contributed by atoms with Crippen molar-refractivity contribution < 1.29 is 0 Å². The van der Waals surface area contributed by atoms with Crippen LogP contribution in [0.1, 0.15) is 25.2 Å². The first-order valence-corrected chi connectivity index (χ1v) is 6.47. The lowest BCUT2D eigenvalue weighted by molar-refractivity contribution is 0.587. The monoisotopic (exact) mass is 403 g/mol. The summed E-state index contributed by atoms with van der Waals surface area (Å²) >= 11 is 4.54. The van der Waals surface area contributed by atoms with Crippen molar-refractivity contribution in [1.29, 1.82) is 0 Å². The molecule has 5 heteroatoms. The van der Waals surface area contributed by atoms with Gasteiger partial charge in [-0.3, -0.25) is 0 Å². The zero-order chi connectivity index (χ0) is 9.42. The summed E-state index contributed by atoms with van der Waals surface area (Å²) < 4.78 is 2.23. The fourth-order valence-corrected chi connectivity index (χ4v) is 2.42. The minimum atomic E-state index is 0.437. The number of hydrogen-bond acceptors (Lipinski definition) is 2. The van der Waals surface area contributed by atoms with Gasteiger partial charge in [-0.25, -0.2) is 4.98 Å². The maximum absolute atomic E-state index is 4.49. The van der Waals surface area contributed by atoms with E-state index in [4.69, 9.17) is 0 Å². The molecule has 0 radical (unpaired) electrons. The van der Waals surface area contributed by atoms with E-state index in [1.54, 1.807) is 0 Å². The van der Waals surface area contributed by atoms with Crippen molar-refractivity contribution in [3.05, 3.63) is 13.2 Å². The number of aromatic amines is 1. The van der Waals surface area contributed by atoms with Gasteiger partial charge in [0.25, 0.3) is 0 Å². The van der Waals surface area contributed by atoms with Crippen LogP contribution in [-0.2, 0) is 0 Å². The first-order chi connectivity index (χ1) is 6.16. The molecule has 1 aliphatic rings. The fraction of sp³-hybridized carbons (Fsp3) is 0.625. The Morgan fingerprint density at radius 1 is 1.46 bits per heavy atom. The number of halogens is 2.